The topological polar surface area (TPSA) is 50.2 Å². The Kier molecular flexibility index (Phi) is 4.20. The van der Waals surface area contributed by atoms with Gasteiger partial charge in [0.15, 0.2) is 0 Å². The van der Waals surface area contributed by atoms with E-state index < -0.39 is 0 Å². The number of hydrogen-bond acceptors (Lipinski definition) is 5. The maximum atomic E-state index is 13.3. The van der Waals surface area contributed by atoms with E-state index in [0.29, 0.717) is 10.7 Å². The van der Waals surface area contributed by atoms with E-state index in [4.69, 9.17) is 0 Å². The Balaban J connectivity index is 1.71. The summed E-state index contributed by atoms with van der Waals surface area (Å²) in [5.41, 5.74) is 6.08. The standard InChI is InChI=1S/C16H13FN4S/c1-11-7-13(4-5-14(11)17)15-10-22-16(20-15)21-19-9-12-3-2-6-18-8-12/h2-10H,1H3,(H,20,21). The summed E-state index contributed by atoms with van der Waals surface area (Å²) in [7, 11) is 0. The quantitative estimate of drug-likeness (QED) is 0.583. The highest BCUT2D eigenvalue weighted by molar-refractivity contribution is 7.14. The first-order valence-electron chi connectivity index (χ1n) is 6.63. The predicted molar refractivity (Wildman–Crippen MR) is 87.7 cm³/mol. The Labute approximate surface area is 131 Å². The average molecular weight is 312 g/mol. The number of aryl methyl sites for hydroxylation is 1. The molecule has 0 saturated carbocycles. The van der Waals surface area contributed by atoms with E-state index >= 15 is 0 Å². The number of aromatic nitrogens is 2. The van der Waals surface area contributed by atoms with Gasteiger partial charge in [0.05, 0.1) is 11.9 Å². The average Bonchev–Trinajstić information content (AvgIpc) is 3.00. The number of hydrazone groups is 1. The molecule has 0 aliphatic heterocycles. The van der Waals surface area contributed by atoms with E-state index in [-0.39, 0.29) is 5.82 Å². The van der Waals surface area contributed by atoms with E-state index in [2.05, 4.69) is 20.5 Å². The van der Waals surface area contributed by atoms with Gasteiger partial charge in [0, 0.05) is 28.9 Å². The van der Waals surface area contributed by atoms with Crippen molar-refractivity contribution in [2.45, 2.75) is 6.92 Å². The summed E-state index contributed by atoms with van der Waals surface area (Å²) in [6.45, 7) is 1.74. The summed E-state index contributed by atoms with van der Waals surface area (Å²) in [5.74, 6) is -0.210. The fourth-order valence-corrected chi connectivity index (χ4v) is 2.54. The van der Waals surface area contributed by atoms with Crippen LogP contribution in [0.5, 0.6) is 0 Å². The summed E-state index contributed by atoms with van der Waals surface area (Å²) in [6, 6.07) is 8.72. The molecule has 0 spiro atoms. The molecular weight excluding hydrogens is 299 g/mol. The molecule has 22 heavy (non-hydrogen) atoms. The van der Waals surface area contributed by atoms with Crippen LogP contribution in [0.1, 0.15) is 11.1 Å². The van der Waals surface area contributed by atoms with Gasteiger partial charge in [-0.1, -0.05) is 6.07 Å². The van der Waals surface area contributed by atoms with Crippen molar-refractivity contribution >= 4 is 22.7 Å². The maximum Gasteiger partial charge on any atom is 0.203 e. The minimum atomic E-state index is -0.210. The monoisotopic (exact) mass is 312 g/mol. The van der Waals surface area contributed by atoms with Crippen molar-refractivity contribution in [3.05, 3.63) is 65.0 Å². The summed E-state index contributed by atoms with van der Waals surface area (Å²) in [4.78, 5) is 8.44. The SMILES string of the molecule is Cc1cc(-c2csc(NN=Cc3cccnc3)n2)ccc1F. The van der Waals surface area contributed by atoms with Gasteiger partial charge >= 0.3 is 0 Å². The fraction of sp³-hybridized carbons (Fsp3) is 0.0625. The van der Waals surface area contributed by atoms with E-state index in [1.165, 1.54) is 17.4 Å². The number of hydrogen-bond donors (Lipinski definition) is 1. The van der Waals surface area contributed by atoms with Crippen LogP contribution in [0, 0.1) is 12.7 Å². The third kappa shape index (κ3) is 3.35. The molecule has 0 fully saturated rings. The number of anilines is 1. The van der Waals surface area contributed by atoms with Gasteiger partial charge in [0.1, 0.15) is 5.82 Å². The Morgan fingerprint density at radius 2 is 2.23 bits per heavy atom. The Morgan fingerprint density at radius 3 is 3.00 bits per heavy atom. The van der Waals surface area contributed by atoms with E-state index in [0.717, 1.165) is 16.8 Å². The lowest BCUT2D eigenvalue weighted by molar-refractivity contribution is 0.619. The molecule has 3 rings (SSSR count). The molecule has 0 bridgehead atoms. The maximum absolute atomic E-state index is 13.3. The van der Waals surface area contributed by atoms with Crippen LogP contribution in [-0.4, -0.2) is 16.2 Å². The molecule has 0 unspecified atom stereocenters. The molecule has 1 aromatic carbocycles. The van der Waals surface area contributed by atoms with Crippen molar-refractivity contribution in [2.24, 2.45) is 5.10 Å². The normalized spacial score (nSPS) is 11.0. The molecule has 4 nitrogen and oxygen atoms in total. The number of thiazole rings is 1. The molecule has 0 radical (unpaired) electrons. The van der Waals surface area contributed by atoms with Crippen molar-refractivity contribution in [1.82, 2.24) is 9.97 Å². The first-order chi connectivity index (χ1) is 10.7. The van der Waals surface area contributed by atoms with Crippen molar-refractivity contribution in [3.63, 3.8) is 0 Å². The zero-order valence-electron chi connectivity index (χ0n) is 11.8. The third-order valence-corrected chi connectivity index (χ3v) is 3.76. The summed E-state index contributed by atoms with van der Waals surface area (Å²) in [6.07, 6.45) is 5.11. The Hall–Kier alpha value is -2.60. The number of benzene rings is 1. The summed E-state index contributed by atoms with van der Waals surface area (Å²) in [5, 5.41) is 6.71. The smallest absolute Gasteiger partial charge is 0.203 e. The van der Waals surface area contributed by atoms with Gasteiger partial charge in [-0.05, 0) is 36.8 Å². The van der Waals surface area contributed by atoms with Gasteiger partial charge in [0.2, 0.25) is 5.13 Å². The largest absolute Gasteiger partial charge is 0.264 e. The summed E-state index contributed by atoms with van der Waals surface area (Å²) >= 11 is 1.44. The lowest BCUT2D eigenvalue weighted by Gasteiger charge is -2.00. The van der Waals surface area contributed by atoms with Crippen LogP contribution in [0.3, 0.4) is 0 Å². The molecule has 1 N–H and O–H groups in total. The van der Waals surface area contributed by atoms with E-state index in [1.807, 2.05) is 17.5 Å². The minimum Gasteiger partial charge on any atom is -0.264 e. The van der Waals surface area contributed by atoms with Crippen LogP contribution in [-0.2, 0) is 0 Å². The van der Waals surface area contributed by atoms with Gasteiger partial charge in [0.25, 0.3) is 0 Å². The predicted octanol–water partition coefficient (Wildman–Crippen LogP) is 4.10. The zero-order valence-corrected chi connectivity index (χ0v) is 12.6. The van der Waals surface area contributed by atoms with Crippen molar-refractivity contribution in [1.29, 1.82) is 0 Å². The molecule has 0 aliphatic rings. The van der Waals surface area contributed by atoms with Crippen molar-refractivity contribution in [2.75, 3.05) is 5.43 Å². The molecule has 2 heterocycles. The Morgan fingerprint density at radius 1 is 1.32 bits per heavy atom. The highest BCUT2D eigenvalue weighted by Crippen LogP contribution is 2.26. The highest BCUT2D eigenvalue weighted by Gasteiger charge is 2.06. The third-order valence-electron chi connectivity index (χ3n) is 3.02. The second kappa shape index (κ2) is 6.44. The van der Waals surface area contributed by atoms with Gasteiger partial charge in [-0.3, -0.25) is 10.4 Å². The highest BCUT2D eigenvalue weighted by atomic mass is 32.1. The van der Waals surface area contributed by atoms with Gasteiger partial charge < -0.3 is 0 Å². The lowest BCUT2D eigenvalue weighted by Crippen LogP contribution is -1.90. The molecular formula is C16H13FN4S. The molecule has 2 aromatic heterocycles. The number of halogens is 1. The molecule has 0 saturated heterocycles. The molecule has 0 amide bonds. The van der Waals surface area contributed by atoms with Crippen molar-refractivity contribution in [3.8, 4) is 11.3 Å². The second-order valence-corrected chi connectivity index (χ2v) is 5.52. The van der Waals surface area contributed by atoms with E-state index in [1.54, 1.807) is 37.7 Å². The van der Waals surface area contributed by atoms with E-state index in [9.17, 15) is 4.39 Å². The molecule has 6 heteroatoms. The minimum absolute atomic E-state index is 0.210. The van der Waals surface area contributed by atoms with Crippen LogP contribution in [0.4, 0.5) is 9.52 Å². The number of pyridine rings is 1. The molecule has 0 aliphatic carbocycles. The molecule has 110 valence electrons. The van der Waals surface area contributed by atoms with Crippen LogP contribution >= 0.6 is 11.3 Å². The number of nitrogens with zero attached hydrogens (tertiary/aromatic N) is 3. The van der Waals surface area contributed by atoms with Gasteiger partial charge in [-0.25, -0.2) is 9.37 Å². The molecule has 3 aromatic rings. The number of nitrogens with one attached hydrogen (secondary N) is 1. The van der Waals surface area contributed by atoms with Crippen LogP contribution in [0.25, 0.3) is 11.3 Å². The van der Waals surface area contributed by atoms with Crippen molar-refractivity contribution < 1.29 is 4.39 Å². The Bertz CT molecular complexity index is 799. The van der Waals surface area contributed by atoms with Gasteiger partial charge in [-0.2, -0.15) is 5.10 Å². The van der Waals surface area contributed by atoms with Crippen LogP contribution < -0.4 is 5.43 Å². The van der Waals surface area contributed by atoms with Crippen LogP contribution in [0.15, 0.2) is 53.2 Å². The summed E-state index contributed by atoms with van der Waals surface area (Å²) < 4.78 is 13.3. The fourth-order valence-electron chi connectivity index (χ4n) is 1.88. The zero-order chi connectivity index (χ0) is 15.4. The first kappa shape index (κ1) is 14.3. The van der Waals surface area contributed by atoms with Crippen LogP contribution in [0.2, 0.25) is 0 Å². The number of rotatable bonds is 4. The molecule has 0 atom stereocenters. The first-order valence-corrected chi connectivity index (χ1v) is 7.51. The lowest BCUT2D eigenvalue weighted by atomic mass is 10.1. The second-order valence-electron chi connectivity index (χ2n) is 4.66. The van der Waals surface area contributed by atoms with Gasteiger partial charge in [-0.15, -0.1) is 11.3 Å².